The van der Waals surface area contributed by atoms with Gasteiger partial charge in [0.1, 0.15) is 5.75 Å². The molecule has 1 atom stereocenters. The fraction of sp³-hybridized carbons (Fsp3) is 0.143. The van der Waals surface area contributed by atoms with Gasteiger partial charge in [0.25, 0.3) is 0 Å². The molecule has 0 saturated heterocycles. The molecule has 0 radical (unpaired) electrons. The van der Waals surface area contributed by atoms with Crippen molar-refractivity contribution in [3.63, 3.8) is 0 Å². The monoisotopic (exact) mass is 184 g/mol. The molecule has 4 nitrogen and oxygen atoms in total. The van der Waals surface area contributed by atoms with Crippen molar-refractivity contribution >= 4 is 16.9 Å². The topological polar surface area (TPSA) is 61.4 Å². The zero-order valence-corrected chi connectivity index (χ0v) is 7.02. The third kappa shape index (κ3) is 1.28. The number of fused-ring (bicyclic) bond motifs is 1. The van der Waals surface area contributed by atoms with Crippen LogP contribution < -0.4 is 9.44 Å². The minimum absolute atomic E-state index is 0.181. The first-order valence-corrected chi connectivity index (χ1v) is 4.64. The molecule has 0 fully saturated rings. The van der Waals surface area contributed by atoms with Crippen LogP contribution in [0.4, 0.5) is 5.69 Å². The van der Waals surface area contributed by atoms with E-state index in [0.29, 0.717) is 6.54 Å². The van der Waals surface area contributed by atoms with Crippen molar-refractivity contribution in [1.29, 1.82) is 0 Å². The molecule has 1 heterocycles. The Balaban J connectivity index is 2.44. The van der Waals surface area contributed by atoms with E-state index in [1.807, 2.05) is 0 Å². The molecule has 2 rings (SSSR count). The molecule has 0 saturated carbocycles. The van der Waals surface area contributed by atoms with E-state index in [9.17, 15) is 4.21 Å². The van der Waals surface area contributed by atoms with E-state index >= 15 is 0 Å². The van der Waals surface area contributed by atoms with E-state index in [-0.39, 0.29) is 5.75 Å². The van der Waals surface area contributed by atoms with Crippen LogP contribution in [0.1, 0.15) is 5.56 Å². The highest BCUT2D eigenvalue weighted by atomic mass is 32.2. The molecular formula is C7H8N2O2S. The van der Waals surface area contributed by atoms with Crippen LogP contribution in [0.2, 0.25) is 0 Å². The highest BCUT2D eigenvalue weighted by Crippen LogP contribution is 2.23. The number of aromatic hydroxyl groups is 1. The van der Waals surface area contributed by atoms with Gasteiger partial charge in [0.05, 0.1) is 5.69 Å². The summed E-state index contributed by atoms with van der Waals surface area (Å²) in [6.07, 6.45) is 0. The Bertz CT molecular complexity index is 340. The van der Waals surface area contributed by atoms with Gasteiger partial charge in [-0.3, -0.25) is 4.72 Å². The average molecular weight is 184 g/mol. The van der Waals surface area contributed by atoms with E-state index in [1.165, 1.54) is 0 Å². The van der Waals surface area contributed by atoms with Crippen LogP contribution in [0.5, 0.6) is 5.75 Å². The maximum Gasteiger partial charge on any atom is 0.193 e. The van der Waals surface area contributed by atoms with E-state index in [2.05, 4.69) is 9.44 Å². The quantitative estimate of drug-likeness (QED) is 0.549. The first-order valence-electron chi connectivity index (χ1n) is 3.49. The molecule has 0 aromatic heterocycles. The summed E-state index contributed by atoms with van der Waals surface area (Å²) in [4.78, 5) is 0. The first kappa shape index (κ1) is 7.57. The van der Waals surface area contributed by atoms with Crippen LogP contribution in [0, 0.1) is 0 Å². The predicted octanol–water partition coefficient (Wildman–Crippen LogP) is 0.486. The third-order valence-corrected chi connectivity index (χ3v) is 2.50. The lowest BCUT2D eigenvalue weighted by atomic mass is 10.2. The molecule has 1 aromatic rings. The Morgan fingerprint density at radius 3 is 3.17 bits per heavy atom. The van der Waals surface area contributed by atoms with Crippen LogP contribution in [-0.2, 0) is 17.7 Å². The minimum Gasteiger partial charge on any atom is -0.508 e. The number of nitrogens with one attached hydrogen (secondary N) is 2. The van der Waals surface area contributed by atoms with Gasteiger partial charge in [-0.25, -0.2) is 8.93 Å². The maximum atomic E-state index is 10.9. The largest absolute Gasteiger partial charge is 0.508 e. The zero-order valence-electron chi connectivity index (χ0n) is 6.20. The normalized spacial score (nSPS) is 21.2. The smallest absolute Gasteiger partial charge is 0.193 e. The highest BCUT2D eigenvalue weighted by molar-refractivity contribution is 7.84. The predicted molar refractivity (Wildman–Crippen MR) is 46.7 cm³/mol. The molecule has 5 heteroatoms. The van der Waals surface area contributed by atoms with Gasteiger partial charge < -0.3 is 5.11 Å². The van der Waals surface area contributed by atoms with Crippen LogP contribution in [0.3, 0.4) is 0 Å². The molecule has 64 valence electrons. The SMILES string of the molecule is O=S1NCc2ccc(O)cc2N1. The van der Waals surface area contributed by atoms with Crippen LogP contribution >= 0.6 is 0 Å². The van der Waals surface area contributed by atoms with Crippen LogP contribution in [-0.4, -0.2) is 9.32 Å². The molecule has 0 spiro atoms. The summed E-state index contributed by atoms with van der Waals surface area (Å²) >= 11 is -1.22. The summed E-state index contributed by atoms with van der Waals surface area (Å²) in [6, 6.07) is 4.96. The van der Waals surface area contributed by atoms with Gasteiger partial charge in [0.15, 0.2) is 11.2 Å². The van der Waals surface area contributed by atoms with Gasteiger partial charge in [-0.05, 0) is 11.6 Å². The van der Waals surface area contributed by atoms with Crippen molar-refractivity contribution < 1.29 is 9.32 Å². The lowest BCUT2D eigenvalue weighted by molar-refractivity contribution is 0.475. The molecular weight excluding hydrogens is 176 g/mol. The summed E-state index contributed by atoms with van der Waals surface area (Å²) in [7, 11) is 0. The molecule has 1 aliphatic rings. The summed E-state index contributed by atoms with van der Waals surface area (Å²) < 4.78 is 16.4. The Labute approximate surface area is 72.3 Å². The van der Waals surface area contributed by atoms with Gasteiger partial charge >= 0.3 is 0 Å². The minimum atomic E-state index is -1.22. The summed E-state index contributed by atoms with van der Waals surface area (Å²) in [5, 5.41) is 9.12. The zero-order chi connectivity index (χ0) is 8.55. The Morgan fingerprint density at radius 2 is 2.33 bits per heavy atom. The second kappa shape index (κ2) is 2.76. The summed E-state index contributed by atoms with van der Waals surface area (Å²) in [5.74, 6) is 0.181. The first-order chi connectivity index (χ1) is 5.75. The Hall–Kier alpha value is -1.07. The number of hydrogen-bond donors (Lipinski definition) is 3. The highest BCUT2D eigenvalue weighted by Gasteiger charge is 2.12. The summed E-state index contributed by atoms with van der Waals surface area (Å²) in [6.45, 7) is 0.565. The number of phenolic OH excluding ortho intramolecular Hbond substituents is 1. The van der Waals surface area contributed by atoms with Gasteiger partial charge in [0.2, 0.25) is 0 Å². The average Bonchev–Trinajstić information content (AvgIpc) is 2.03. The molecule has 1 aliphatic heterocycles. The number of anilines is 1. The van der Waals surface area contributed by atoms with Crippen molar-refractivity contribution in [3.8, 4) is 5.75 Å². The Morgan fingerprint density at radius 1 is 1.50 bits per heavy atom. The van der Waals surface area contributed by atoms with Crippen molar-refractivity contribution in [1.82, 2.24) is 4.72 Å². The van der Waals surface area contributed by atoms with Gasteiger partial charge in [0, 0.05) is 12.6 Å². The molecule has 3 N–H and O–H groups in total. The molecule has 1 aromatic carbocycles. The standard InChI is InChI=1S/C7H8N2O2S/c10-6-2-1-5-4-8-12(11)9-7(5)3-6/h1-3,8-10H,4H2. The number of rotatable bonds is 0. The fourth-order valence-electron chi connectivity index (χ4n) is 1.09. The van der Waals surface area contributed by atoms with Crippen molar-refractivity contribution in [2.45, 2.75) is 6.54 Å². The lowest BCUT2D eigenvalue weighted by Gasteiger charge is -2.17. The van der Waals surface area contributed by atoms with Crippen LogP contribution in [0.25, 0.3) is 0 Å². The van der Waals surface area contributed by atoms with E-state index in [4.69, 9.17) is 5.11 Å². The third-order valence-electron chi connectivity index (χ3n) is 1.69. The van der Waals surface area contributed by atoms with Gasteiger partial charge in [-0.15, -0.1) is 0 Å². The number of phenols is 1. The second-order valence-corrected chi connectivity index (χ2v) is 3.56. The summed E-state index contributed by atoms with van der Waals surface area (Å²) in [5.41, 5.74) is 1.74. The van der Waals surface area contributed by atoms with Gasteiger partial charge in [-0.1, -0.05) is 6.07 Å². The van der Waals surface area contributed by atoms with Crippen molar-refractivity contribution in [2.24, 2.45) is 0 Å². The molecule has 0 amide bonds. The number of hydrogen-bond acceptors (Lipinski definition) is 2. The Kier molecular flexibility index (Phi) is 1.74. The van der Waals surface area contributed by atoms with Crippen molar-refractivity contribution in [3.05, 3.63) is 23.8 Å². The van der Waals surface area contributed by atoms with Crippen molar-refractivity contribution in [2.75, 3.05) is 4.72 Å². The second-order valence-electron chi connectivity index (χ2n) is 2.53. The van der Waals surface area contributed by atoms with Crippen LogP contribution in [0.15, 0.2) is 18.2 Å². The van der Waals surface area contributed by atoms with Gasteiger partial charge in [-0.2, -0.15) is 0 Å². The van der Waals surface area contributed by atoms with E-state index in [0.717, 1.165) is 11.3 Å². The molecule has 12 heavy (non-hydrogen) atoms. The lowest BCUT2D eigenvalue weighted by Crippen LogP contribution is -2.28. The number of benzene rings is 1. The van der Waals surface area contributed by atoms with E-state index in [1.54, 1.807) is 18.2 Å². The molecule has 0 aliphatic carbocycles. The molecule has 0 bridgehead atoms. The molecule has 1 unspecified atom stereocenters. The fourth-order valence-corrected chi connectivity index (χ4v) is 1.84. The van der Waals surface area contributed by atoms with E-state index < -0.39 is 11.2 Å². The maximum absolute atomic E-state index is 10.9.